The summed E-state index contributed by atoms with van der Waals surface area (Å²) < 4.78 is 11.9. The Balaban J connectivity index is 1.62. The number of halogens is 2. The summed E-state index contributed by atoms with van der Waals surface area (Å²) >= 11 is 11.1. The van der Waals surface area contributed by atoms with Gasteiger partial charge in [-0.1, -0.05) is 33.6 Å². The highest BCUT2D eigenvalue weighted by Gasteiger charge is 2.07. The molecule has 0 fully saturated rings. The van der Waals surface area contributed by atoms with Crippen LogP contribution in [-0.4, -0.2) is 10.2 Å². The van der Waals surface area contributed by atoms with Gasteiger partial charge in [-0.3, -0.25) is 0 Å². The number of benzene rings is 1. The average molecular weight is 398 g/mol. The van der Waals surface area contributed by atoms with Crippen LogP contribution >= 0.6 is 38.9 Å². The average Bonchev–Trinajstić information content (AvgIpc) is 3.16. The fourth-order valence-electron chi connectivity index (χ4n) is 1.66. The Morgan fingerprint density at radius 2 is 2.18 bits per heavy atom. The standard InChI is InChI=1S/C15H10BrClN2O2S/c16-10-3-5-13(12(17)8-10)20-9-15-19-18-14(21-15)6-4-11-2-1-7-22-11/h1-8H,9H2/b6-4-. The lowest BCUT2D eigenvalue weighted by molar-refractivity contribution is 0.262. The lowest BCUT2D eigenvalue weighted by Gasteiger charge is -2.05. The third-order valence-electron chi connectivity index (χ3n) is 2.66. The molecule has 0 saturated heterocycles. The number of hydrogen-bond acceptors (Lipinski definition) is 5. The molecule has 2 aromatic heterocycles. The van der Waals surface area contributed by atoms with Gasteiger partial charge in [0.15, 0.2) is 6.61 Å². The lowest BCUT2D eigenvalue weighted by Crippen LogP contribution is -1.96. The maximum atomic E-state index is 6.08. The van der Waals surface area contributed by atoms with Crippen LogP contribution in [0.3, 0.4) is 0 Å². The third-order valence-corrected chi connectivity index (χ3v) is 4.29. The van der Waals surface area contributed by atoms with Crippen molar-refractivity contribution in [3.05, 3.63) is 61.9 Å². The number of ether oxygens (including phenoxy) is 1. The molecule has 0 atom stereocenters. The summed E-state index contributed by atoms with van der Waals surface area (Å²) in [6.07, 6.45) is 3.70. The van der Waals surface area contributed by atoms with Gasteiger partial charge < -0.3 is 9.15 Å². The number of thiophene rings is 1. The zero-order valence-electron chi connectivity index (χ0n) is 11.2. The van der Waals surface area contributed by atoms with E-state index in [1.54, 1.807) is 29.5 Å². The second kappa shape index (κ2) is 7.09. The third kappa shape index (κ3) is 3.97. The van der Waals surface area contributed by atoms with Crippen LogP contribution in [0, 0.1) is 0 Å². The molecule has 7 heteroatoms. The van der Waals surface area contributed by atoms with Crippen molar-refractivity contribution in [3.8, 4) is 5.75 Å². The van der Waals surface area contributed by atoms with Crippen LogP contribution in [0.4, 0.5) is 0 Å². The zero-order chi connectivity index (χ0) is 15.4. The summed E-state index contributed by atoms with van der Waals surface area (Å²) in [4.78, 5) is 1.12. The van der Waals surface area contributed by atoms with E-state index >= 15 is 0 Å². The minimum absolute atomic E-state index is 0.168. The molecule has 0 aliphatic rings. The number of aromatic nitrogens is 2. The molecule has 112 valence electrons. The Hall–Kier alpha value is -1.63. The van der Waals surface area contributed by atoms with Crippen LogP contribution in [0.25, 0.3) is 12.2 Å². The van der Waals surface area contributed by atoms with Crippen molar-refractivity contribution in [3.63, 3.8) is 0 Å². The number of nitrogens with zero attached hydrogens (tertiary/aromatic N) is 2. The minimum atomic E-state index is 0.168. The molecule has 0 aliphatic carbocycles. The lowest BCUT2D eigenvalue weighted by atomic mass is 10.3. The quantitative estimate of drug-likeness (QED) is 0.586. The molecule has 0 amide bonds. The highest BCUT2D eigenvalue weighted by atomic mass is 79.9. The summed E-state index contributed by atoms with van der Waals surface area (Å²) in [6, 6.07) is 9.39. The summed E-state index contributed by atoms with van der Waals surface area (Å²) in [6.45, 7) is 0.168. The van der Waals surface area contributed by atoms with Crippen LogP contribution in [-0.2, 0) is 6.61 Å². The predicted molar refractivity (Wildman–Crippen MR) is 91.0 cm³/mol. The van der Waals surface area contributed by atoms with E-state index in [1.165, 1.54) is 0 Å². The van der Waals surface area contributed by atoms with Crippen molar-refractivity contribution in [2.45, 2.75) is 6.61 Å². The number of hydrogen-bond donors (Lipinski definition) is 0. The van der Waals surface area contributed by atoms with E-state index in [1.807, 2.05) is 29.7 Å². The molecule has 2 heterocycles. The molecule has 4 nitrogen and oxygen atoms in total. The molecule has 0 unspecified atom stereocenters. The summed E-state index contributed by atoms with van der Waals surface area (Å²) in [7, 11) is 0. The molecular formula is C15H10BrClN2O2S. The smallest absolute Gasteiger partial charge is 0.254 e. The normalized spacial score (nSPS) is 11.2. The highest BCUT2D eigenvalue weighted by Crippen LogP contribution is 2.28. The van der Waals surface area contributed by atoms with Gasteiger partial charge >= 0.3 is 0 Å². The van der Waals surface area contributed by atoms with Crippen molar-refractivity contribution < 1.29 is 9.15 Å². The van der Waals surface area contributed by atoms with E-state index in [0.717, 1.165) is 9.35 Å². The molecule has 0 aliphatic heterocycles. The van der Waals surface area contributed by atoms with Crippen molar-refractivity contribution in [1.82, 2.24) is 10.2 Å². The van der Waals surface area contributed by atoms with Gasteiger partial charge in [-0.2, -0.15) is 0 Å². The van der Waals surface area contributed by atoms with E-state index < -0.39 is 0 Å². The Labute approximate surface area is 144 Å². The largest absolute Gasteiger partial charge is 0.482 e. The van der Waals surface area contributed by atoms with Crippen LogP contribution in [0.15, 0.2) is 44.6 Å². The zero-order valence-corrected chi connectivity index (χ0v) is 14.4. The van der Waals surface area contributed by atoms with Crippen LogP contribution in [0.5, 0.6) is 5.75 Å². The van der Waals surface area contributed by atoms with Crippen LogP contribution in [0.1, 0.15) is 16.7 Å². The van der Waals surface area contributed by atoms with Crippen molar-refractivity contribution >= 4 is 51.0 Å². The minimum Gasteiger partial charge on any atom is -0.482 e. The Morgan fingerprint density at radius 3 is 2.95 bits per heavy atom. The van der Waals surface area contributed by atoms with Gasteiger partial charge in [0, 0.05) is 15.4 Å². The Kier molecular flexibility index (Phi) is 4.92. The molecule has 3 rings (SSSR count). The number of rotatable bonds is 5. The summed E-state index contributed by atoms with van der Waals surface area (Å²) in [5.41, 5.74) is 0. The first kappa shape index (κ1) is 15.3. The molecule has 0 bridgehead atoms. The van der Waals surface area contributed by atoms with Gasteiger partial charge in [0.25, 0.3) is 5.89 Å². The molecule has 3 aromatic rings. The van der Waals surface area contributed by atoms with Gasteiger partial charge in [0.05, 0.1) is 5.02 Å². The van der Waals surface area contributed by atoms with Gasteiger partial charge in [0.2, 0.25) is 5.89 Å². The van der Waals surface area contributed by atoms with Crippen molar-refractivity contribution in [1.29, 1.82) is 0 Å². The van der Waals surface area contributed by atoms with Crippen LogP contribution in [0.2, 0.25) is 5.02 Å². The highest BCUT2D eigenvalue weighted by molar-refractivity contribution is 9.10. The SMILES string of the molecule is Clc1cc(Br)ccc1OCc1nnc(/C=C\c2cccs2)o1. The van der Waals surface area contributed by atoms with Crippen molar-refractivity contribution in [2.24, 2.45) is 0 Å². The topological polar surface area (TPSA) is 48.2 Å². The van der Waals surface area contributed by atoms with Crippen LogP contribution < -0.4 is 4.74 Å². The molecule has 0 saturated carbocycles. The van der Waals surface area contributed by atoms with E-state index in [2.05, 4.69) is 26.1 Å². The Morgan fingerprint density at radius 1 is 1.27 bits per heavy atom. The van der Waals surface area contributed by atoms with E-state index in [0.29, 0.717) is 22.6 Å². The van der Waals surface area contributed by atoms with Gasteiger partial charge in [-0.25, -0.2) is 0 Å². The molecule has 0 radical (unpaired) electrons. The second-order valence-corrected chi connectivity index (χ2v) is 6.55. The maximum absolute atomic E-state index is 6.08. The fraction of sp³-hybridized carbons (Fsp3) is 0.0667. The molecule has 1 aromatic carbocycles. The molecule has 0 spiro atoms. The fourth-order valence-corrected chi connectivity index (χ4v) is 3.01. The monoisotopic (exact) mass is 396 g/mol. The summed E-state index contributed by atoms with van der Waals surface area (Å²) in [5.74, 6) is 1.40. The van der Waals surface area contributed by atoms with E-state index in [-0.39, 0.29) is 6.61 Å². The van der Waals surface area contributed by atoms with E-state index in [9.17, 15) is 0 Å². The van der Waals surface area contributed by atoms with Gasteiger partial charge in [-0.15, -0.1) is 21.5 Å². The Bertz CT molecular complexity index is 787. The molecule has 0 N–H and O–H groups in total. The summed E-state index contributed by atoms with van der Waals surface area (Å²) in [5, 5.41) is 10.4. The first-order valence-electron chi connectivity index (χ1n) is 6.32. The maximum Gasteiger partial charge on any atom is 0.254 e. The van der Waals surface area contributed by atoms with Crippen molar-refractivity contribution in [2.75, 3.05) is 0 Å². The second-order valence-electron chi connectivity index (χ2n) is 4.25. The molecule has 22 heavy (non-hydrogen) atoms. The molecular weight excluding hydrogens is 388 g/mol. The van der Waals surface area contributed by atoms with E-state index in [4.69, 9.17) is 20.8 Å². The van der Waals surface area contributed by atoms with Gasteiger partial charge in [0.1, 0.15) is 5.75 Å². The first-order chi connectivity index (χ1) is 10.7. The first-order valence-corrected chi connectivity index (χ1v) is 8.37. The predicted octanol–water partition coefficient (Wildman–Crippen LogP) is 5.30. The van der Waals surface area contributed by atoms with Gasteiger partial charge in [-0.05, 0) is 35.7 Å².